The second-order valence-corrected chi connectivity index (χ2v) is 5.51. The van der Waals surface area contributed by atoms with Gasteiger partial charge in [0.1, 0.15) is 0 Å². The van der Waals surface area contributed by atoms with Crippen LogP contribution in [0, 0.1) is 0 Å². The summed E-state index contributed by atoms with van der Waals surface area (Å²) in [4.78, 5) is 2.53. The summed E-state index contributed by atoms with van der Waals surface area (Å²) in [6.07, 6.45) is 3.69. The van der Waals surface area contributed by atoms with Gasteiger partial charge in [-0.1, -0.05) is 6.92 Å². The van der Waals surface area contributed by atoms with Crippen LogP contribution in [0.5, 0.6) is 11.5 Å². The number of nitrogens with one attached hydrogen (secondary N) is 1. The molecule has 1 aromatic carbocycles. The highest BCUT2D eigenvalue weighted by Gasteiger charge is 2.16. The predicted molar refractivity (Wildman–Crippen MR) is 87.5 cm³/mol. The highest BCUT2D eigenvalue weighted by Crippen LogP contribution is 2.31. The molecule has 1 fully saturated rings. The van der Waals surface area contributed by atoms with Gasteiger partial charge in [0.15, 0.2) is 11.5 Å². The number of nitrogens with zero attached hydrogens (tertiary/aromatic N) is 1. The molecular formula is C17H28N2O2. The van der Waals surface area contributed by atoms with Crippen LogP contribution in [0.2, 0.25) is 0 Å². The first kappa shape index (κ1) is 16.0. The van der Waals surface area contributed by atoms with Crippen LogP contribution in [0.25, 0.3) is 0 Å². The van der Waals surface area contributed by atoms with Crippen molar-refractivity contribution in [3.63, 3.8) is 0 Å². The number of likely N-dealkylation sites (tertiary alicyclic amines) is 1. The maximum Gasteiger partial charge on any atom is 0.163 e. The van der Waals surface area contributed by atoms with Gasteiger partial charge in [-0.15, -0.1) is 0 Å². The van der Waals surface area contributed by atoms with E-state index in [9.17, 15) is 0 Å². The molecular weight excluding hydrogens is 264 g/mol. The quantitative estimate of drug-likeness (QED) is 0.871. The second kappa shape index (κ2) is 8.13. The van der Waals surface area contributed by atoms with E-state index in [-0.39, 0.29) is 0 Å². The molecule has 118 valence electrons. The Kier molecular flexibility index (Phi) is 6.18. The summed E-state index contributed by atoms with van der Waals surface area (Å²) in [6, 6.07) is 6.64. The lowest BCUT2D eigenvalue weighted by Crippen LogP contribution is -2.26. The van der Waals surface area contributed by atoms with Crippen LogP contribution in [0.3, 0.4) is 0 Å². The minimum Gasteiger partial charge on any atom is -0.493 e. The van der Waals surface area contributed by atoms with Gasteiger partial charge >= 0.3 is 0 Å². The fourth-order valence-corrected chi connectivity index (χ4v) is 2.89. The van der Waals surface area contributed by atoms with Crippen LogP contribution in [-0.4, -0.2) is 44.3 Å². The van der Waals surface area contributed by atoms with Gasteiger partial charge in [-0.2, -0.15) is 0 Å². The van der Waals surface area contributed by atoms with Crippen molar-refractivity contribution >= 4 is 5.69 Å². The maximum absolute atomic E-state index is 5.64. The minimum atomic E-state index is 0.546. The summed E-state index contributed by atoms with van der Waals surface area (Å²) in [5.74, 6) is 1.61. The van der Waals surface area contributed by atoms with E-state index in [0.29, 0.717) is 12.6 Å². The number of methoxy groups -OCH3 is 1. The van der Waals surface area contributed by atoms with Crippen molar-refractivity contribution < 1.29 is 9.47 Å². The monoisotopic (exact) mass is 292 g/mol. The first-order valence-corrected chi connectivity index (χ1v) is 8.06. The summed E-state index contributed by atoms with van der Waals surface area (Å²) >= 11 is 0. The van der Waals surface area contributed by atoms with E-state index in [1.165, 1.54) is 32.4 Å². The molecule has 1 aromatic rings. The van der Waals surface area contributed by atoms with E-state index >= 15 is 0 Å². The van der Waals surface area contributed by atoms with Gasteiger partial charge in [-0.25, -0.2) is 0 Å². The Morgan fingerprint density at radius 3 is 2.76 bits per heavy atom. The molecule has 21 heavy (non-hydrogen) atoms. The molecule has 0 saturated carbocycles. The fourth-order valence-electron chi connectivity index (χ4n) is 2.89. The summed E-state index contributed by atoms with van der Waals surface area (Å²) in [6.45, 7) is 8.44. The molecule has 0 spiro atoms. The third-order valence-electron chi connectivity index (χ3n) is 4.10. The summed E-state index contributed by atoms with van der Waals surface area (Å²) in [5, 5.41) is 3.65. The third-order valence-corrected chi connectivity index (χ3v) is 4.10. The standard InChI is InChI=1S/C17H28N2O2/c1-4-19-11-6-7-14(10-12-19)18-15-8-9-16(20-3)17(13-15)21-5-2/h8-9,13-14,18H,4-7,10-12H2,1-3H3. The van der Waals surface area contributed by atoms with E-state index in [4.69, 9.17) is 9.47 Å². The zero-order chi connectivity index (χ0) is 15.1. The molecule has 1 saturated heterocycles. The van der Waals surface area contributed by atoms with Gasteiger partial charge in [-0.05, 0) is 51.4 Å². The highest BCUT2D eigenvalue weighted by molar-refractivity contribution is 5.55. The molecule has 1 heterocycles. The number of anilines is 1. The van der Waals surface area contributed by atoms with E-state index in [1.54, 1.807) is 7.11 Å². The van der Waals surface area contributed by atoms with Crippen LogP contribution < -0.4 is 14.8 Å². The van der Waals surface area contributed by atoms with Gasteiger partial charge < -0.3 is 19.7 Å². The van der Waals surface area contributed by atoms with Crippen LogP contribution in [0.1, 0.15) is 33.1 Å². The summed E-state index contributed by atoms with van der Waals surface area (Å²) in [7, 11) is 1.68. The average molecular weight is 292 g/mol. The smallest absolute Gasteiger partial charge is 0.163 e. The zero-order valence-corrected chi connectivity index (χ0v) is 13.5. The Bertz CT molecular complexity index is 437. The molecule has 2 rings (SSSR count). The maximum atomic E-state index is 5.64. The Labute approximate surface area is 128 Å². The molecule has 1 atom stereocenters. The van der Waals surface area contributed by atoms with Crippen molar-refractivity contribution in [2.24, 2.45) is 0 Å². The number of rotatable bonds is 6. The molecule has 1 aliphatic heterocycles. The zero-order valence-electron chi connectivity index (χ0n) is 13.5. The summed E-state index contributed by atoms with van der Waals surface area (Å²) in [5.41, 5.74) is 1.12. The molecule has 0 amide bonds. The molecule has 0 radical (unpaired) electrons. The summed E-state index contributed by atoms with van der Waals surface area (Å²) < 4.78 is 11.0. The Morgan fingerprint density at radius 1 is 1.19 bits per heavy atom. The predicted octanol–water partition coefficient (Wildman–Crippen LogP) is 3.38. The van der Waals surface area contributed by atoms with Crippen LogP contribution in [-0.2, 0) is 0 Å². The molecule has 4 nitrogen and oxygen atoms in total. The Hall–Kier alpha value is -1.42. The van der Waals surface area contributed by atoms with Crippen LogP contribution >= 0.6 is 0 Å². The number of hydrogen-bond acceptors (Lipinski definition) is 4. The van der Waals surface area contributed by atoms with Gasteiger partial charge in [-0.3, -0.25) is 0 Å². The first-order valence-electron chi connectivity index (χ1n) is 8.06. The molecule has 4 heteroatoms. The van der Waals surface area contributed by atoms with Gasteiger partial charge in [0.05, 0.1) is 13.7 Å². The molecule has 0 bridgehead atoms. The number of benzene rings is 1. The van der Waals surface area contributed by atoms with Gasteiger partial charge in [0, 0.05) is 24.3 Å². The first-order chi connectivity index (χ1) is 10.3. The lowest BCUT2D eigenvalue weighted by molar-refractivity contribution is 0.300. The molecule has 1 N–H and O–H groups in total. The van der Waals surface area contributed by atoms with Crippen molar-refractivity contribution in [1.29, 1.82) is 0 Å². The minimum absolute atomic E-state index is 0.546. The lowest BCUT2D eigenvalue weighted by atomic mass is 10.1. The van der Waals surface area contributed by atoms with E-state index in [2.05, 4.69) is 23.2 Å². The third kappa shape index (κ3) is 4.53. The van der Waals surface area contributed by atoms with Crippen molar-refractivity contribution in [2.45, 2.75) is 39.2 Å². The van der Waals surface area contributed by atoms with Crippen LogP contribution in [0.15, 0.2) is 18.2 Å². The molecule has 0 aromatic heterocycles. The normalized spacial score (nSPS) is 19.9. The molecule has 1 aliphatic rings. The highest BCUT2D eigenvalue weighted by atomic mass is 16.5. The lowest BCUT2D eigenvalue weighted by Gasteiger charge is -2.20. The largest absolute Gasteiger partial charge is 0.493 e. The van der Waals surface area contributed by atoms with Crippen LogP contribution in [0.4, 0.5) is 5.69 Å². The van der Waals surface area contributed by atoms with Crippen molar-refractivity contribution in [3.05, 3.63) is 18.2 Å². The van der Waals surface area contributed by atoms with Gasteiger partial charge in [0.25, 0.3) is 0 Å². The van der Waals surface area contributed by atoms with E-state index < -0.39 is 0 Å². The van der Waals surface area contributed by atoms with E-state index in [1.807, 2.05) is 19.1 Å². The number of hydrogen-bond donors (Lipinski definition) is 1. The topological polar surface area (TPSA) is 33.7 Å². The van der Waals surface area contributed by atoms with Crippen molar-refractivity contribution in [2.75, 3.05) is 38.7 Å². The van der Waals surface area contributed by atoms with Crippen molar-refractivity contribution in [1.82, 2.24) is 4.90 Å². The SMILES string of the molecule is CCOc1cc(NC2CCCN(CC)CC2)ccc1OC. The van der Waals surface area contributed by atoms with Crippen molar-refractivity contribution in [3.8, 4) is 11.5 Å². The molecule has 1 unspecified atom stereocenters. The Morgan fingerprint density at radius 2 is 2.05 bits per heavy atom. The number of ether oxygens (including phenoxy) is 2. The second-order valence-electron chi connectivity index (χ2n) is 5.51. The van der Waals surface area contributed by atoms with E-state index in [0.717, 1.165) is 23.7 Å². The fraction of sp³-hybridized carbons (Fsp3) is 0.647. The molecule has 0 aliphatic carbocycles. The average Bonchev–Trinajstić information content (AvgIpc) is 2.73. The van der Waals surface area contributed by atoms with Gasteiger partial charge in [0.2, 0.25) is 0 Å². The Balaban J connectivity index is 2.00.